The molecule has 3 amide bonds. The molecule has 102 valence electrons. The second-order valence-corrected chi connectivity index (χ2v) is 4.55. The molecule has 0 aromatic heterocycles. The highest BCUT2D eigenvalue weighted by atomic mass is 16.2. The van der Waals surface area contributed by atoms with E-state index in [9.17, 15) is 14.4 Å². The average Bonchev–Trinajstić information content (AvgIpc) is 2.77. The molecule has 1 unspecified atom stereocenters. The molecule has 0 radical (unpaired) electrons. The zero-order valence-corrected chi connectivity index (χ0v) is 10.8. The number of nitriles is 1. The van der Waals surface area contributed by atoms with Crippen molar-refractivity contribution in [3.05, 3.63) is 36.0 Å². The van der Waals surface area contributed by atoms with Gasteiger partial charge in [0, 0.05) is 24.1 Å². The molecule has 1 atom stereocenters. The third kappa shape index (κ3) is 2.67. The summed E-state index contributed by atoms with van der Waals surface area (Å²) in [6.07, 6.45) is 5.23. The van der Waals surface area contributed by atoms with Crippen LogP contribution in [0.1, 0.15) is 12.8 Å². The molecule has 2 heterocycles. The van der Waals surface area contributed by atoms with Crippen molar-refractivity contribution in [2.75, 3.05) is 6.54 Å². The lowest BCUT2D eigenvalue weighted by Crippen LogP contribution is -2.53. The largest absolute Gasteiger partial charge is 0.323 e. The quantitative estimate of drug-likeness (QED) is 0.451. The van der Waals surface area contributed by atoms with Gasteiger partial charge in [-0.25, -0.2) is 0 Å². The van der Waals surface area contributed by atoms with E-state index in [0.29, 0.717) is 18.5 Å². The summed E-state index contributed by atoms with van der Waals surface area (Å²) in [5.74, 6) is -1.02. The predicted molar refractivity (Wildman–Crippen MR) is 69.9 cm³/mol. The van der Waals surface area contributed by atoms with Gasteiger partial charge in [-0.3, -0.25) is 19.7 Å². The number of allylic oxidation sites excluding steroid dienone is 2. The van der Waals surface area contributed by atoms with E-state index in [1.807, 2.05) is 6.07 Å². The topological polar surface area (TPSA) is 90.3 Å². The molecule has 0 bridgehead atoms. The van der Waals surface area contributed by atoms with Gasteiger partial charge in [-0.15, -0.1) is 0 Å². The molecular formula is C14H13N3O3. The van der Waals surface area contributed by atoms with Gasteiger partial charge in [-0.05, 0) is 18.6 Å². The number of imide groups is 1. The first-order chi connectivity index (χ1) is 9.52. The summed E-state index contributed by atoms with van der Waals surface area (Å²) in [6, 6.07) is 1.25. The molecule has 0 aliphatic carbocycles. The summed E-state index contributed by atoms with van der Waals surface area (Å²) >= 11 is 0. The Bertz CT molecular complexity index is 595. The van der Waals surface area contributed by atoms with Crippen molar-refractivity contribution >= 4 is 17.7 Å². The Morgan fingerprint density at radius 1 is 1.50 bits per heavy atom. The zero-order valence-electron chi connectivity index (χ0n) is 10.8. The van der Waals surface area contributed by atoms with Crippen molar-refractivity contribution in [2.24, 2.45) is 0 Å². The zero-order chi connectivity index (χ0) is 14.7. The maximum Gasteiger partial charge on any atom is 0.254 e. The molecule has 2 aliphatic heterocycles. The minimum absolute atomic E-state index is 0.233. The van der Waals surface area contributed by atoms with E-state index in [-0.39, 0.29) is 23.8 Å². The SMILES string of the molecule is C=C(C#N)/C=C\C1=CCN(C2CCC(=O)NC2=O)C1=O. The van der Waals surface area contributed by atoms with Crippen LogP contribution in [-0.2, 0) is 14.4 Å². The van der Waals surface area contributed by atoms with E-state index in [4.69, 9.17) is 5.26 Å². The van der Waals surface area contributed by atoms with Gasteiger partial charge in [0.05, 0.1) is 6.07 Å². The van der Waals surface area contributed by atoms with Crippen molar-refractivity contribution in [3.8, 4) is 6.07 Å². The standard InChI is InChI=1S/C14H13N3O3/c1-9(8-15)2-3-10-6-7-17(14(10)20)11-4-5-12(18)16-13(11)19/h2-3,6,11H,1,4-5,7H2,(H,16,18,19)/b3-2-. The van der Waals surface area contributed by atoms with Gasteiger partial charge in [0.2, 0.25) is 11.8 Å². The van der Waals surface area contributed by atoms with Crippen LogP contribution in [0.5, 0.6) is 0 Å². The highest BCUT2D eigenvalue weighted by Gasteiger charge is 2.36. The molecule has 0 saturated carbocycles. The van der Waals surface area contributed by atoms with Gasteiger partial charge in [-0.1, -0.05) is 12.7 Å². The fourth-order valence-corrected chi connectivity index (χ4v) is 2.15. The normalized spacial score (nSPS) is 22.8. The summed E-state index contributed by atoms with van der Waals surface area (Å²) in [4.78, 5) is 36.4. The van der Waals surface area contributed by atoms with E-state index < -0.39 is 11.9 Å². The van der Waals surface area contributed by atoms with Crippen LogP contribution in [0.25, 0.3) is 0 Å². The molecule has 2 rings (SSSR count). The molecule has 1 fully saturated rings. The smallest absolute Gasteiger partial charge is 0.254 e. The molecule has 0 aromatic rings. The number of rotatable bonds is 3. The molecule has 6 heteroatoms. The lowest BCUT2D eigenvalue weighted by atomic mass is 10.0. The van der Waals surface area contributed by atoms with Crippen molar-refractivity contribution in [1.82, 2.24) is 10.2 Å². The first kappa shape index (κ1) is 13.7. The monoisotopic (exact) mass is 271 g/mol. The molecule has 2 aliphatic rings. The third-order valence-corrected chi connectivity index (χ3v) is 3.21. The molecule has 1 N–H and O–H groups in total. The van der Waals surface area contributed by atoms with E-state index in [1.54, 1.807) is 6.08 Å². The van der Waals surface area contributed by atoms with Gasteiger partial charge in [0.1, 0.15) is 6.04 Å². The van der Waals surface area contributed by atoms with Crippen LogP contribution in [0, 0.1) is 11.3 Å². The van der Waals surface area contributed by atoms with Crippen molar-refractivity contribution in [3.63, 3.8) is 0 Å². The van der Waals surface area contributed by atoms with Gasteiger partial charge < -0.3 is 4.90 Å². The number of hydrogen-bond acceptors (Lipinski definition) is 4. The molecule has 6 nitrogen and oxygen atoms in total. The Balaban J connectivity index is 2.05. The number of hydrogen-bond donors (Lipinski definition) is 1. The number of amides is 3. The second kappa shape index (κ2) is 5.53. The Labute approximate surface area is 116 Å². The minimum atomic E-state index is -0.610. The Morgan fingerprint density at radius 2 is 2.25 bits per heavy atom. The molecule has 0 spiro atoms. The maximum atomic E-state index is 12.2. The van der Waals surface area contributed by atoms with Gasteiger partial charge >= 0.3 is 0 Å². The Hall–Kier alpha value is -2.68. The van der Waals surface area contributed by atoms with Gasteiger partial charge in [0.15, 0.2) is 0 Å². The summed E-state index contributed by atoms with van der Waals surface area (Å²) in [6.45, 7) is 3.81. The molecule has 1 saturated heterocycles. The third-order valence-electron chi connectivity index (χ3n) is 3.21. The molecular weight excluding hydrogens is 258 g/mol. The lowest BCUT2D eigenvalue weighted by Gasteiger charge is -2.29. The lowest BCUT2D eigenvalue weighted by molar-refractivity contribution is -0.142. The van der Waals surface area contributed by atoms with E-state index in [2.05, 4.69) is 11.9 Å². The van der Waals surface area contributed by atoms with Crippen LogP contribution in [0.4, 0.5) is 0 Å². The maximum absolute atomic E-state index is 12.2. The highest BCUT2D eigenvalue weighted by Crippen LogP contribution is 2.20. The fraction of sp³-hybridized carbons (Fsp3) is 0.286. The van der Waals surface area contributed by atoms with Crippen molar-refractivity contribution in [1.29, 1.82) is 5.26 Å². The van der Waals surface area contributed by atoms with Crippen LogP contribution >= 0.6 is 0 Å². The number of carbonyl (C=O) groups is 3. The summed E-state index contributed by atoms with van der Waals surface area (Å²) in [5, 5.41) is 10.8. The van der Waals surface area contributed by atoms with Crippen LogP contribution in [0.3, 0.4) is 0 Å². The average molecular weight is 271 g/mol. The van der Waals surface area contributed by atoms with Crippen molar-refractivity contribution < 1.29 is 14.4 Å². The van der Waals surface area contributed by atoms with E-state index in [1.165, 1.54) is 17.1 Å². The van der Waals surface area contributed by atoms with Crippen LogP contribution in [0.2, 0.25) is 0 Å². The summed E-state index contributed by atoms with van der Waals surface area (Å²) in [5.41, 5.74) is 0.671. The van der Waals surface area contributed by atoms with E-state index in [0.717, 1.165) is 0 Å². The molecule has 0 aromatic carbocycles. The van der Waals surface area contributed by atoms with Crippen LogP contribution in [0.15, 0.2) is 36.0 Å². The number of piperidine rings is 1. The number of nitrogens with one attached hydrogen (secondary N) is 1. The second-order valence-electron chi connectivity index (χ2n) is 4.55. The van der Waals surface area contributed by atoms with Gasteiger partial charge in [0.25, 0.3) is 5.91 Å². The minimum Gasteiger partial charge on any atom is -0.323 e. The predicted octanol–water partition coefficient (Wildman–Crippen LogP) is 0.196. The first-order valence-corrected chi connectivity index (χ1v) is 6.15. The Morgan fingerprint density at radius 3 is 2.90 bits per heavy atom. The fourth-order valence-electron chi connectivity index (χ4n) is 2.15. The number of carbonyl (C=O) groups excluding carboxylic acids is 3. The van der Waals surface area contributed by atoms with E-state index >= 15 is 0 Å². The summed E-state index contributed by atoms with van der Waals surface area (Å²) < 4.78 is 0. The number of nitrogens with zero attached hydrogens (tertiary/aromatic N) is 2. The molecule has 20 heavy (non-hydrogen) atoms. The highest BCUT2D eigenvalue weighted by molar-refractivity contribution is 6.05. The van der Waals surface area contributed by atoms with Gasteiger partial charge in [-0.2, -0.15) is 5.26 Å². The Kier molecular flexibility index (Phi) is 3.80. The first-order valence-electron chi connectivity index (χ1n) is 6.15. The van der Waals surface area contributed by atoms with Crippen molar-refractivity contribution in [2.45, 2.75) is 18.9 Å². The van der Waals surface area contributed by atoms with Crippen LogP contribution in [-0.4, -0.2) is 35.2 Å². The van der Waals surface area contributed by atoms with Crippen LogP contribution < -0.4 is 5.32 Å². The summed E-state index contributed by atoms with van der Waals surface area (Å²) in [7, 11) is 0.